The zero-order chi connectivity index (χ0) is 17.7. The van der Waals surface area contributed by atoms with Gasteiger partial charge in [0.1, 0.15) is 0 Å². The summed E-state index contributed by atoms with van der Waals surface area (Å²) in [4.78, 5) is 27.5. The summed E-state index contributed by atoms with van der Waals surface area (Å²) in [5, 5.41) is 2.74. The van der Waals surface area contributed by atoms with Crippen LogP contribution < -0.4 is 5.32 Å². The van der Waals surface area contributed by atoms with Crippen molar-refractivity contribution in [2.24, 2.45) is 0 Å². The van der Waals surface area contributed by atoms with Crippen LogP contribution in [0.5, 0.6) is 0 Å². The van der Waals surface area contributed by atoms with Gasteiger partial charge in [-0.3, -0.25) is 14.5 Å². The summed E-state index contributed by atoms with van der Waals surface area (Å²) in [5.41, 5.74) is 1.64. The molecule has 1 aromatic rings. The summed E-state index contributed by atoms with van der Waals surface area (Å²) in [6, 6.07) is 7.70. The molecule has 0 spiro atoms. The number of carbonyl (C=O) groups is 2. The highest BCUT2D eigenvalue weighted by atomic mass is 16.5. The minimum absolute atomic E-state index is 0.00958. The Kier molecular flexibility index (Phi) is 6.34. The number of likely N-dealkylation sites (N-methyl/N-ethyl adjacent to an activating group) is 2. The molecule has 24 heavy (non-hydrogen) atoms. The smallest absolute Gasteiger partial charge is 0.253 e. The summed E-state index contributed by atoms with van der Waals surface area (Å²) >= 11 is 0. The van der Waals surface area contributed by atoms with Crippen LogP contribution in [0.15, 0.2) is 24.3 Å². The molecule has 1 saturated heterocycles. The largest absolute Gasteiger partial charge is 0.380 e. The predicted octanol–water partition coefficient (Wildman–Crippen LogP) is 1.11. The average Bonchev–Trinajstić information content (AvgIpc) is 2.92. The van der Waals surface area contributed by atoms with Gasteiger partial charge in [-0.15, -0.1) is 0 Å². The van der Waals surface area contributed by atoms with Gasteiger partial charge in [0.05, 0.1) is 6.10 Å². The molecule has 1 heterocycles. The summed E-state index contributed by atoms with van der Waals surface area (Å²) in [6.07, 6.45) is 1.19. The molecule has 0 aliphatic carbocycles. The van der Waals surface area contributed by atoms with Crippen LogP contribution in [-0.4, -0.2) is 68.1 Å². The third-order valence-corrected chi connectivity index (χ3v) is 4.56. The normalized spacial score (nSPS) is 20.8. The lowest BCUT2D eigenvalue weighted by Gasteiger charge is -2.25. The van der Waals surface area contributed by atoms with Crippen molar-refractivity contribution in [2.75, 3.05) is 34.3 Å². The van der Waals surface area contributed by atoms with Gasteiger partial charge < -0.3 is 15.0 Å². The highest BCUT2D eigenvalue weighted by Crippen LogP contribution is 2.19. The number of rotatable bonds is 6. The summed E-state index contributed by atoms with van der Waals surface area (Å²) in [6.45, 7) is 3.55. The van der Waals surface area contributed by atoms with Gasteiger partial charge in [0.15, 0.2) is 0 Å². The molecule has 6 heteroatoms. The maximum Gasteiger partial charge on any atom is 0.253 e. The Morgan fingerprint density at radius 2 is 2.00 bits per heavy atom. The Hall–Kier alpha value is -1.92. The Labute approximate surface area is 143 Å². The highest BCUT2D eigenvalue weighted by Gasteiger charge is 2.31. The van der Waals surface area contributed by atoms with Crippen molar-refractivity contribution in [1.29, 1.82) is 0 Å². The molecule has 6 nitrogen and oxygen atoms in total. The molecule has 0 bridgehead atoms. The fourth-order valence-corrected chi connectivity index (χ4v) is 3.02. The van der Waals surface area contributed by atoms with Crippen LogP contribution in [-0.2, 0) is 16.1 Å². The van der Waals surface area contributed by atoms with E-state index in [1.165, 1.54) is 6.92 Å². The molecule has 0 aromatic heterocycles. The van der Waals surface area contributed by atoms with Gasteiger partial charge in [0.25, 0.3) is 5.91 Å². The van der Waals surface area contributed by atoms with Gasteiger partial charge in [-0.25, -0.2) is 0 Å². The lowest BCUT2D eigenvalue weighted by molar-refractivity contribution is -0.119. The highest BCUT2D eigenvalue weighted by molar-refractivity contribution is 5.94. The summed E-state index contributed by atoms with van der Waals surface area (Å²) < 4.78 is 5.42. The number of likely N-dealkylation sites (tertiary alicyclic amines) is 1. The van der Waals surface area contributed by atoms with Crippen molar-refractivity contribution in [3.8, 4) is 0 Å². The minimum atomic E-state index is -0.0649. The van der Waals surface area contributed by atoms with Gasteiger partial charge >= 0.3 is 0 Å². The molecule has 0 saturated carbocycles. The summed E-state index contributed by atoms with van der Waals surface area (Å²) in [7, 11) is 5.64. The SMILES string of the molecule is CO[C@H]1C[C@@H](CN(C)C(=O)c2ccc(CNC(C)=O)cc2)N(C)C1. The van der Waals surface area contributed by atoms with Crippen LogP contribution >= 0.6 is 0 Å². The molecule has 0 unspecified atom stereocenters. The van der Waals surface area contributed by atoms with Gasteiger partial charge in [-0.05, 0) is 31.2 Å². The topological polar surface area (TPSA) is 61.9 Å². The molecular formula is C18H27N3O3. The quantitative estimate of drug-likeness (QED) is 0.847. The molecule has 1 fully saturated rings. The molecule has 2 amide bonds. The average molecular weight is 333 g/mol. The predicted molar refractivity (Wildman–Crippen MR) is 92.8 cm³/mol. The fourth-order valence-electron chi connectivity index (χ4n) is 3.02. The van der Waals surface area contributed by atoms with Crippen molar-refractivity contribution < 1.29 is 14.3 Å². The van der Waals surface area contributed by atoms with Crippen LogP contribution in [0.2, 0.25) is 0 Å². The number of hydrogen-bond acceptors (Lipinski definition) is 4. The molecular weight excluding hydrogens is 306 g/mol. The molecule has 2 rings (SSSR count). The Bertz CT molecular complexity index is 573. The van der Waals surface area contributed by atoms with E-state index in [1.807, 2.05) is 31.3 Å². The molecule has 1 N–H and O–H groups in total. The lowest BCUT2D eigenvalue weighted by Crippen LogP contribution is -2.39. The van der Waals surface area contributed by atoms with E-state index in [4.69, 9.17) is 4.74 Å². The van der Waals surface area contributed by atoms with Crippen molar-refractivity contribution in [1.82, 2.24) is 15.1 Å². The van der Waals surface area contributed by atoms with Crippen molar-refractivity contribution >= 4 is 11.8 Å². The summed E-state index contributed by atoms with van der Waals surface area (Å²) in [5.74, 6) is -0.0553. The Balaban J connectivity index is 1.91. The number of nitrogens with zero attached hydrogens (tertiary/aromatic N) is 2. The van der Waals surface area contributed by atoms with Crippen LogP contribution in [0.4, 0.5) is 0 Å². The standard InChI is InChI=1S/C18H27N3O3/c1-13(22)19-10-14-5-7-15(8-6-14)18(23)21(3)11-16-9-17(24-4)12-20(16)2/h5-8,16-17H,9-12H2,1-4H3,(H,19,22)/t16-,17-/m0/s1. The van der Waals surface area contributed by atoms with Crippen molar-refractivity contribution in [3.63, 3.8) is 0 Å². The first-order valence-corrected chi connectivity index (χ1v) is 8.22. The monoisotopic (exact) mass is 333 g/mol. The van der Waals surface area contributed by atoms with E-state index >= 15 is 0 Å². The lowest BCUT2D eigenvalue weighted by atomic mass is 10.1. The van der Waals surface area contributed by atoms with Crippen LogP contribution in [0.25, 0.3) is 0 Å². The van der Waals surface area contributed by atoms with E-state index in [1.54, 1.807) is 12.0 Å². The first kappa shape index (κ1) is 18.4. The number of carbonyl (C=O) groups excluding carboxylic acids is 2. The van der Waals surface area contributed by atoms with Crippen LogP contribution in [0.3, 0.4) is 0 Å². The third-order valence-electron chi connectivity index (χ3n) is 4.56. The Morgan fingerprint density at radius 1 is 1.33 bits per heavy atom. The number of methoxy groups -OCH3 is 1. The fraction of sp³-hybridized carbons (Fsp3) is 0.556. The number of ether oxygens (including phenoxy) is 1. The van der Waals surface area contributed by atoms with E-state index in [9.17, 15) is 9.59 Å². The molecule has 0 radical (unpaired) electrons. The van der Waals surface area contributed by atoms with Crippen LogP contribution in [0, 0.1) is 0 Å². The number of benzene rings is 1. The second-order valence-corrected chi connectivity index (χ2v) is 6.48. The molecule has 1 aliphatic rings. The van der Waals surface area contributed by atoms with Gasteiger partial charge in [-0.2, -0.15) is 0 Å². The molecule has 1 aromatic carbocycles. The number of nitrogens with one attached hydrogen (secondary N) is 1. The second kappa shape index (κ2) is 8.26. The van der Waals surface area contributed by atoms with Gasteiger partial charge in [0.2, 0.25) is 5.91 Å². The zero-order valence-corrected chi connectivity index (χ0v) is 14.9. The number of hydrogen-bond donors (Lipinski definition) is 1. The van der Waals surface area contributed by atoms with E-state index in [-0.39, 0.29) is 17.9 Å². The number of amides is 2. The van der Waals surface area contributed by atoms with Crippen molar-refractivity contribution in [2.45, 2.75) is 32.0 Å². The molecule has 132 valence electrons. The molecule has 2 atom stereocenters. The second-order valence-electron chi connectivity index (χ2n) is 6.48. The van der Waals surface area contributed by atoms with Crippen LogP contribution in [0.1, 0.15) is 29.3 Å². The van der Waals surface area contributed by atoms with Gasteiger partial charge in [-0.1, -0.05) is 12.1 Å². The van der Waals surface area contributed by atoms with E-state index < -0.39 is 0 Å². The van der Waals surface area contributed by atoms with Crippen molar-refractivity contribution in [3.05, 3.63) is 35.4 Å². The first-order chi connectivity index (χ1) is 11.4. The maximum atomic E-state index is 12.6. The first-order valence-electron chi connectivity index (χ1n) is 8.22. The Morgan fingerprint density at radius 3 is 2.54 bits per heavy atom. The molecule has 1 aliphatic heterocycles. The minimum Gasteiger partial charge on any atom is -0.380 e. The zero-order valence-electron chi connectivity index (χ0n) is 14.9. The van der Waals surface area contributed by atoms with E-state index in [2.05, 4.69) is 17.3 Å². The third kappa shape index (κ3) is 4.79. The maximum absolute atomic E-state index is 12.6. The van der Waals surface area contributed by atoms with Gasteiger partial charge in [0, 0.05) is 52.3 Å². The van der Waals surface area contributed by atoms with E-state index in [0.29, 0.717) is 24.7 Å². The van der Waals surface area contributed by atoms with E-state index in [0.717, 1.165) is 18.5 Å².